The molecule has 2 aliphatic rings. The van der Waals surface area contributed by atoms with E-state index >= 15 is 0 Å². The molecule has 2 fully saturated rings. The van der Waals surface area contributed by atoms with Crippen molar-refractivity contribution in [1.29, 1.82) is 0 Å². The van der Waals surface area contributed by atoms with E-state index in [1.165, 1.54) is 51.7 Å². The molecule has 2 heteroatoms. The fourth-order valence-electron chi connectivity index (χ4n) is 3.21. The molecule has 0 amide bonds. The van der Waals surface area contributed by atoms with Crippen molar-refractivity contribution in [3.8, 4) is 0 Å². The molecule has 0 aromatic rings. The highest BCUT2D eigenvalue weighted by Crippen LogP contribution is 2.34. The zero-order valence-corrected chi connectivity index (χ0v) is 12.8. The Labute approximate surface area is 114 Å². The molecule has 106 valence electrons. The van der Waals surface area contributed by atoms with Gasteiger partial charge in [-0.2, -0.15) is 0 Å². The van der Waals surface area contributed by atoms with Gasteiger partial charge >= 0.3 is 0 Å². The zero-order valence-electron chi connectivity index (χ0n) is 12.8. The predicted molar refractivity (Wildman–Crippen MR) is 78.9 cm³/mol. The van der Waals surface area contributed by atoms with Crippen molar-refractivity contribution in [2.75, 3.05) is 19.6 Å². The van der Waals surface area contributed by atoms with Crippen LogP contribution in [0.4, 0.5) is 0 Å². The van der Waals surface area contributed by atoms with Crippen molar-refractivity contribution in [1.82, 2.24) is 10.2 Å². The summed E-state index contributed by atoms with van der Waals surface area (Å²) in [7, 11) is 0. The monoisotopic (exact) mass is 252 g/mol. The minimum absolute atomic E-state index is 0.391. The van der Waals surface area contributed by atoms with Crippen LogP contribution < -0.4 is 5.32 Å². The average Bonchev–Trinajstić information content (AvgIpc) is 3.13. The van der Waals surface area contributed by atoms with Crippen LogP contribution in [0.1, 0.15) is 59.8 Å². The molecule has 1 saturated heterocycles. The van der Waals surface area contributed by atoms with E-state index in [2.05, 4.69) is 37.9 Å². The first-order valence-corrected chi connectivity index (χ1v) is 8.02. The van der Waals surface area contributed by atoms with Crippen LogP contribution in [0.15, 0.2) is 0 Å². The SMILES string of the molecule is CCC1(C)CNC(CC(C)C)CN1CCC1CC1. The smallest absolute Gasteiger partial charge is 0.0303 e. The van der Waals surface area contributed by atoms with Gasteiger partial charge in [-0.1, -0.05) is 33.6 Å². The van der Waals surface area contributed by atoms with Crippen LogP contribution in [0.5, 0.6) is 0 Å². The van der Waals surface area contributed by atoms with Crippen LogP contribution in [0.3, 0.4) is 0 Å². The molecule has 0 spiro atoms. The predicted octanol–water partition coefficient (Wildman–Crippen LogP) is 3.28. The standard InChI is InChI=1S/C16H32N2/c1-5-16(4)12-17-15(10-13(2)3)11-18(16)9-8-14-6-7-14/h13-15,17H,5-12H2,1-4H3. The van der Waals surface area contributed by atoms with Gasteiger partial charge in [0.05, 0.1) is 0 Å². The number of hydrogen-bond acceptors (Lipinski definition) is 2. The maximum Gasteiger partial charge on any atom is 0.0303 e. The first-order chi connectivity index (χ1) is 8.53. The van der Waals surface area contributed by atoms with Gasteiger partial charge < -0.3 is 5.32 Å². The maximum absolute atomic E-state index is 3.78. The summed E-state index contributed by atoms with van der Waals surface area (Å²) in [6.07, 6.45) is 7.00. The molecule has 18 heavy (non-hydrogen) atoms. The third kappa shape index (κ3) is 3.71. The Morgan fingerprint density at radius 1 is 1.33 bits per heavy atom. The Kier molecular flexibility index (Phi) is 4.71. The van der Waals surface area contributed by atoms with Crippen LogP contribution in [0.25, 0.3) is 0 Å². The van der Waals surface area contributed by atoms with Gasteiger partial charge in [-0.25, -0.2) is 0 Å². The third-order valence-electron chi connectivity index (χ3n) is 5.00. The van der Waals surface area contributed by atoms with Crippen molar-refractivity contribution >= 4 is 0 Å². The molecule has 0 aromatic carbocycles. The summed E-state index contributed by atoms with van der Waals surface area (Å²) in [4.78, 5) is 2.79. The van der Waals surface area contributed by atoms with Crippen LogP contribution in [-0.2, 0) is 0 Å². The molecule has 2 nitrogen and oxygen atoms in total. The molecule has 2 rings (SSSR count). The molecule has 0 bridgehead atoms. The second-order valence-corrected chi connectivity index (χ2v) is 7.24. The lowest BCUT2D eigenvalue weighted by atomic mass is 9.89. The van der Waals surface area contributed by atoms with Gasteiger partial charge in [-0.15, -0.1) is 0 Å². The number of hydrogen-bond donors (Lipinski definition) is 1. The Bertz CT molecular complexity index is 260. The van der Waals surface area contributed by atoms with E-state index in [1.807, 2.05) is 0 Å². The fraction of sp³-hybridized carbons (Fsp3) is 1.00. The van der Waals surface area contributed by atoms with E-state index in [4.69, 9.17) is 0 Å². The summed E-state index contributed by atoms with van der Waals surface area (Å²) >= 11 is 0. The lowest BCUT2D eigenvalue weighted by Gasteiger charge is -2.48. The highest BCUT2D eigenvalue weighted by molar-refractivity contribution is 4.95. The molecular formula is C16H32N2. The van der Waals surface area contributed by atoms with E-state index in [9.17, 15) is 0 Å². The molecule has 1 N–H and O–H groups in total. The molecule has 0 aromatic heterocycles. The number of rotatable bonds is 6. The maximum atomic E-state index is 3.78. The summed E-state index contributed by atoms with van der Waals surface area (Å²) < 4.78 is 0. The largest absolute Gasteiger partial charge is 0.311 e. The summed E-state index contributed by atoms with van der Waals surface area (Å²) in [6, 6.07) is 0.712. The van der Waals surface area contributed by atoms with E-state index in [0.29, 0.717) is 11.6 Å². The summed E-state index contributed by atoms with van der Waals surface area (Å²) in [5.74, 6) is 1.86. The Hall–Kier alpha value is -0.0800. The lowest BCUT2D eigenvalue weighted by Crippen LogP contribution is -2.63. The van der Waals surface area contributed by atoms with E-state index < -0.39 is 0 Å². The Morgan fingerprint density at radius 2 is 2.06 bits per heavy atom. The van der Waals surface area contributed by atoms with E-state index in [1.54, 1.807) is 0 Å². The van der Waals surface area contributed by atoms with E-state index in [0.717, 1.165) is 11.8 Å². The normalized spacial score (nSPS) is 34.2. The second-order valence-electron chi connectivity index (χ2n) is 7.24. The van der Waals surface area contributed by atoms with E-state index in [-0.39, 0.29) is 0 Å². The minimum atomic E-state index is 0.391. The first-order valence-electron chi connectivity index (χ1n) is 8.02. The van der Waals surface area contributed by atoms with Crippen LogP contribution in [-0.4, -0.2) is 36.1 Å². The molecule has 2 atom stereocenters. The highest BCUT2D eigenvalue weighted by atomic mass is 15.3. The van der Waals surface area contributed by atoms with Gasteiger partial charge in [0.1, 0.15) is 0 Å². The van der Waals surface area contributed by atoms with Crippen molar-refractivity contribution < 1.29 is 0 Å². The second kappa shape index (κ2) is 5.92. The highest BCUT2D eigenvalue weighted by Gasteiger charge is 2.36. The van der Waals surface area contributed by atoms with Crippen molar-refractivity contribution in [2.45, 2.75) is 71.4 Å². The molecule has 2 unspecified atom stereocenters. The molecular weight excluding hydrogens is 220 g/mol. The summed E-state index contributed by atoms with van der Waals surface area (Å²) in [5, 5.41) is 3.78. The average molecular weight is 252 g/mol. The lowest BCUT2D eigenvalue weighted by molar-refractivity contribution is 0.0421. The fourth-order valence-corrected chi connectivity index (χ4v) is 3.21. The molecule has 1 saturated carbocycles. The van der Waals surface area contributed by atoms with Gasteiger partial charge in [0, 0.05) is 24.7 Å². The minimum Gasteiger partial charge on any atom is -0.311 e. The molecule has 0 radical (unpaired) electrons. The van der Waals surface area contributed by atoms with Crippen LogP contribution in [0, 0.1) is 11.8 Å². The van der Waals surface area contributed by atoms with Gasteiger partial charge in [-0.05, 0) is 44.6 Å². The molecule has 1 aliphatic carbocycles. The topological polar surface area (TPSA) is 15.3 Å². The van der Waals surface area contributed by atoms with Crippen molar-refractivity contribution in [3.63, 3.8) is 0 Å². The quantitative estimate of drug-likeness (QED) is 0.780. The molecule has 1 heterocycles. The third-order valence-corrected chi connectivity index (χ3v) is 5.00. The number of piperazine rings is 1. The van der Waals surface area contributed by atoms with Crippen LogP contribution in [0.2, 0.25) is 0 Å². The van der Waals surface area contributed by atoms with Crippen molar-refractivity contribution in [3.05, 3.63) is 0 Å². The summed E-state index contributed by atoms with van der Waals surface area (Å²) in [6.45, 7) is 13.2. The summed E-state index contributed by atoms with van der Waals surface area (Å²) in [5.41, 5.74) is 0.391. The number of nitrogens with zero attached hydrogens (tertiary/aromatic N) is 1. The Morgan fingerprint density at radius 3 is 2.61 bits per heavy atom. The van der Waals surface area contributed by atoms with Gasteiger partial charge in [0.15, 0.2) is 0 Å². The molecule has 1 aliphatic heterocycles. The number of nitrogens with one attached hydrogen (secondary N) is 1. The zero-order chi connectivity index (χ0) is 13.2. The first kappa shape index (κ1) is 14.3. The van der Waals surface area contributed by atoms with Crippen molar-refractivity contribution in [2.24, 2.45) is 11.8 Å². The Balaban J connectivity index is 1.89. The van der Waals surface area contributed by atoms with Gasteiger partial charge in [0.25, 0.3) is 0 Å². The van der Waals surface area contributed by atoms with Gasteiger partial charge in [-0.3, -0.25) is 4.90 Å². The van der Waals surface area contributed by atoms with Crippen LogP contribution >= 0.6 is 0 Å². The van der Waals surface area contributed by atoms with Gasteiger partial charge in [0.2, 0.25) is 0 Å².